The van der Waals surface area contributed by atoms with E-state index >= 15 is 0 Å². The molecule has 1 fully saturated rings. The molecule has 2 heterocycles. The highest BCUT2D eigenvalue weighted by atomic mass is 32.1. The van der Waals surface area contributed by atoms with Crippen molar-refractivity contribution >= 4 is 29.9 Å². The van der Waals surface area contributed by atoms with Gasteiger partial charge in [0.25, 0.3) is 5.91 Å². The van der Waals surface area contributed by atoms with Crippen molar-refractivity contribution in [3.8, 4) is 0 Å². The highest BCUT2D eigenvalue weighted by molar-refractivity contribution is 7.80. The Hall–Kier alpha value is -0.480. The molecule has 2 unspecified atom stereocenters. The molecule has 1 aromatic rings. The van der Waals surface area contributed by atoms with Crippen molar-refractivity contribution in [2.75, 3.05) is 0 Å². The fourth-order valence-corrected chi connectivity index (χ4v) is 3.48. The molecule has 0 bridgehead atoms. The van der Waals surface area contributed by atoms with Gasteiger partial charge >= 0.3 is 0 Å². The van der Waals surface area contributed by atoms with E-state index in [1.807, 2.05) is 16.3 Å². The second kappa shape index (κ2) is 4.80. The maximum Gasteiger partial charge on any atom is 0.264 e. The summed E-state index contributed by atoms with van der Waals surface area (Å²) in [5, 5.41) is 1.91. The molecule has 2 rings (SSSR count). The highest BCUT2D eigenvalue weighted by Crippen LogP contribution is 2.27. The van der Waals surface area contributed by atoms with Crippen LogP contribution in [0.1, 0.15) is 42.8 Å². The lowest BCUT2D eigenvalue weighted by molar-refractivity contribution is 0.0516. The normalized spacial score (nSPS) is 25.8. The Balaban J connectivity index is 2.19. The van der Waals surface area contributed by atoms with Crippen LogP contribution >= 0.6 is 24.0 Å². The summed E-state index contributed by atoms with van der Waals surface area (Å²) in [5.74, 6) is 0.171. The van der Waals surface area contributed by atoms with E-state index in [4.69, 9.17) is 0 Å². The maximum absolute atomic E-state index is 12.3. The lowest BCUT2D eigenvalue weighted by Crippen LogP contribution is -2.47. The number of hydrogen-bond acceptors (Lipinski definition) is 3. The Bertz CT molecular complexity index is 378. The number of likely N-dealkylation sites (tertiary alicyclic amines) is 1. The Labute approximate surface area is 106 Å². The van der Waals surface area contributed by atoms with Crippen LogP contribution in [-0.2, 0) is 0 Å². The molecular formula is C12H17NOS2. The lowest BCUT2D eigenvalue weighted by Gasteiger charge is -2.38. The first-order valence-corrected chi connectivity index (χ1v) is 7.02. The monoisotopic (exact) mass is 255 g/mol. The highest BCUT2D eigenvalue weighted by Gasteiger charge is 2.30. The van der Waals surface area contributed by atoms with Crippen LogP contribution in [0.25, 0.3) is 0 Å². The van der Waals surface area contributed by atoms with Gasteiger partial charge in [-0.15, -0.1) is 24.0 Å². The first-order chi connectivity index (χ1) is 7.59. The molecule has 1 aromatic heterocycles. The Morgan fingerprint density at radius 3 is 2.56 bits per heavy atom. The quantitative estimate of drug-likeness (QED) is 0.762. The van der Waals surface area contributed by atoms with Crippen molar-refractivity contribution in [1.82, 2.24) is 4.90 Å². The first-order valence-electron chi connectivity index (χ1n) is 5.69. The third-order valence-electron chi connectivity index (χ3n) is 3.22. The van der Waals surface area contributed by atoms with E-state index in [1.165, 1.54) is 17.8 Å². The molecule has 1 saturated heterocycles. The topological polar surface area (TPSA) is 20.3 Å². The summed E-state index contributed by atoms with van der Waals surface area (Å²) in [6.07, 6.45) is 3.47. The molecule has 0 radical (unpaired) electrons. The summed E-state index contributed by atoms with van der Waals surface area (Å²) in [6.45, 7) is 4.28. The Morgan fingerprint density at radius 2 is 2.06 bits per heavy atom. The van der Waals surface area contributed by atoms with Gasteiger partial charge in [-0.05, 0) is 39.2 Å². The summed E-state index contributed by atoms with van der Waals surface area (Å²) in [5.41, 5.74) is 0. The standard InChI is InChI=1S/C12H17NOS2/c1-8-4-3-5-9(2)13(8)12(14)11-6-10(15)7-16-11/h6-9,15H,3-5H2,1-2H3. The van der Waals surface area contributed by atoms with Crippen molar-refractivity contribution in [2.24, 2.45) is 0 Å². The molecule has 0 spiro atoms. The fourth-order valence-electron chi connectivity index (χ4n) is 2.39. The zero-order chi connectivity index (χ0) is 11.7. The minimum Gasteiger partial charge on any atom is -0.333 e. The van der Waals surface area contributed by atoms with Crippen LogP contribution in [0.5, 0.6) is 0 Å². The third-order valence-corrected chi connectivity index (χ3v) is 4.58. The number of rotatable bonds is 1. The molecule has 2 atom stereocenters. The molecule has 88 valence electrons. The van der Waals surface area contributed by atoms with Gasteiger partial charge in [-0.2, -0.15) is 0 Å². The molecule has 1 amide bonds. The lowest BCUT2D eigenvalue weighted by atomic mass is 9.97. The Kier molecular flexibility index (Phi) is 3.60. The maximum atomic E-state index is 12.3. The van der Waals surface area contributed by atoms with Crippen LogP contribution in [0, 0.1) is 0 Å². The van der Waals surface area contributed by atoms with Crippen molar-refractivity contribution in [3.63, 3.8) is 0 Å². The summed E-state index contributed by atoms with van der Waals surface area (Å²) in [6, 6.07) is 2.59. The largest absolute Gasteiger partial charge is 0.333 e. The van der Waals surface area contributed by atoms with E-state index < -0.39 is 0 Å². The van der Waals surface area contributed by atoms with E-state index in [2.05, 4.69) is 26.5 Å². The van der Waals surface area contributed by atoms with Crippen LogP contribution in [-0.4, -0.2) is 22.9 Å². The second-order valence-corrected chi connectivity index (χ2v) is 5.94. The number of carbonyl (C=O) groups is 1. The number of thiol groups is 1. The van der Waals surface area contributed by atoms with Crippen LogP contribution < -0.4 is 0 Å². The van der Waals surface area contributed by atoms with Crippen molar-refractivity contribution in [3.05, 3.63) is 16.3 Å². The molecule has 0 aromatic carbocycles. The van der Waals surface area contributed by atoms with Gasteiger partial charge < -0.3 is 4.90 Å². The average molecular weight is 255 g/mol. The first kappa shape index (κ1) is 12.0. The second-order valence-electron chi connectivity index (χ2n) is 4.51. The van der Waals surface area contributed by atoms with Gasteiger partial charge in [-0.25, -0.2) is 0 Å². The van der Waals surface area contributed by atoms with E-state index in [9.17, 15) is 4.79 Å². The minimum atomic E-state index is 0.171. The van der Waals surface area contributed by atoms with E-state index in [1.54, 1.807) is 0 Å². The number of carbonyl (C=O) groups excluding carboxylic acids is 1. The van der Waals surface area contributed by atoms with Crippen LogP contribution in [0.15, 0.2) is 16.3 Å². The molecule has 1 aliphatic rings. The molecule has 16 heavy (non-hydrogen) atoms. The van der Waals surface area contributed by atoms with Gasteiger partial charge in [0.2, 0.25) is 0 Å². The van der Waals surface area contributed by atoms with Crippen molar-refractivity contribution in [2.45, 2.75) is 50.1 Å². The zero-order valence-electron chi connectivity index (χ0n) is 9.64. The fraction of sp³-hybridized carbons (Fsp3) is 0.583. The molecule has 1 aliphatic heterocycles. The van der Waals surface area contributed by atoms with Crippen molar-refractivity contribution < 1.29 is 4.79 Å². The van der Waals surface area contributed by atoms with E-state index in [0.29, 0.717) is 12.1 Å². The predicted molar refractivity (Wildman–Crippen MR) is 70.5 cm³/mol. The zero-order valence-corrected chi connectivity index (χ0v) is 11.4. The minimum absolute atomic E-state index is 0.171. The van der Waals surface area contributed by atoms with Gasteiger partial charge in [-0.3, -0.25) is 4.79 Å². The summed E-state index contributed by atoms with van der Waals surface area (Å²) >= 11 is 5.74. The average Bonchev–Trinajstić information content (AvgIpc) is 2.64. The molecule has 2 nitrogen and oxygen atoms in total. The molecule has 0 N–H and O–H groups in total. The Morgan fingerprint density at radius 1 is 1.44 bits per heavy atom. The van der Waals surface area contributed by atoms with E-state index in [0.717, 1.165) is 22.6 Å². The number of hydrogen-bond donors (Lipinski definition) is 1. The number of nitrogens with zero attached hydrogens (tertiary/aromatic N) is 1. The molecule has 0 saturated carbocycles. The smallest absolute Gasteiger partial charge is 0.264 e. The van der Waals surface area contributed by atoms with Gasteiger partial charge in [0.05, 0.1) is 4.88 Å². The molecule has 0 aliphatic carbocycles. The molecular weight excluding hydrogens is 238 g/mol. The SMILES string of the molecule is CC1CCCC(C)N1C(=O)c1cc(S)cs1. The van der Waals surface area contributed by atoms with Crippen LogP contribution in [0.2, 0.25) is 0 Å². The van der Waals surface area contributed by atoms with Crippen LogP contribution in [0.4, 0.5) is 0 Å². The van der Waals surface area contributed by atoms with Crippen molar-refractivity contribution in [1.29, 1.82) is 0 Å². The van der Waals surface area contributed by atoms with Gasteiger partial charge in [-0.1, -0.05) is 0 Å². The summed E-state index contributed by atoms with van der Waals surface area (Å²) in [4.78, 5) is 16.1. The number of piperidine rings is 1. The van der Waals surface area contributed by atoms with E-state index in [-0.39, 0.29) is 5.91 Å². The third kappa shape index (κ3) is 2.28. The predicted octanol–water partition coefficient (Wildman–Crippen LogP) is 3.44. The van der Waals surface area contributed by atoms with Gasteiger partial charge in [0, 0.05) is 22.4 Å². The molecule has 4 heteroatoms. The number of thiophene rings is 1. The number of amides is 1. The summed E-state index contributed by atoms with van der Waals surface area (Å²) < 4.78 is 0. The van der Waals surface area contributed by atoms with Gasteiger partial charge in [0.1, 0.15) is 0 Å². The van der Waals surface area contributed by atoms with Crippen LogP contribution in [0.3, 0.4) is 0 Å². The van der Waals surface area contributed by atoms with Gasteiger partial charge in [0.15, 0.2) is 0 Å². The summed E-state index contributed by atoms with van der Waals surface area (Å²) in [7, 11) is 0.